The Morgan fingerprint density at radius 1 is 1.14 bits per heavy atom. The first kappa shape index (κ1) is 13.3. The van der Waals surface area contributed by atoms with Gasteiger partial charge in [0, 0.05) is 17.2 Å². The lowest BCUT2D eigenvalue weighted by atomic mass is 10.1. The molecule has 1 heterocycles. The van der Waals surface area contributed by atoms with E-state index in [4.69, 9.17) is 16.3 Å². The number of nitro groups is 1. The second-order valence-electron chi connectivity index (χ2n) is 4.43. The van der Waals surface area contributed by atoms with Gasteiger partial charge in [-0.3, -0.25) is 14.9 Å². The molecule has 0 saturated carbocycles. The summed E-state index contributed by atoms with van der Waals surface area (Å²) in [5.41, 5.74) is 1.05. The van der Waals surface area contributed by atoms with E-state index in [9.17, 15) is 14.9 Å². The average Bonchev–Trinajstić information content (AvgIpc) is 2.76. The number of halogens is 1. The molecular weight excluding hydrogens is 294 g/mol. The number of Topliss-reactive ketones (excluding diaryl/α,β-unsaturated/α-hetero) is 1. The zero-order valence-corrected chi connectivity index (χ0v) is 11.3. The standard InChI is InChI=1S/C15H8ClNO4/c16-10-3-6-13-12(8-10)15(18)14(21-13)7-9-1-4-11(5-2-9)17(19)20/h1-8H/b14-7-. The number of fused-ring (bicyclic) bond motifs is 1. The summed E-state index contributed by atoms with van der Waals surface area (Å²) in [5.74, 6) is 0.365. The van der Waals surface area contributed by atoms with E-state index in [1.54, 1.807) is 36.4 Å². The van der Waals surface area contributed by atoms with Crippen LogP contribution in [-0.4, -0.2) is 10.7 Å². The van der Waals surface area contributed by atoms with E-state index in [0.29, 0.717) is 21.9 Å². The fourth-order valence-corrected chi connectivity index (χ4v) is 2.18. The first-order chi connectivity index (χ1) is 10.0. The Labute approximate surface area is 124 Å². The van der Waals surface area contributed by atoms with E-state index in [1.165, 1.54) is 12.1 Å². The van der Waals surface area contributed by atoms with Crippen molar-refractivity contribution < 1.29 is 14.5 Å². The highest BCUT2D eigenvalue weighted by molar-refractivity contribution is 6.31. The van der Waals surface area contributed by atoms with Gasteiger partial charge in [-0.15, -0.1) is 0 Å². The van der Waals surface area contributed by atoms with Gasteiger partial charge in [0.2, 0.25) is 5.78 Å². The summed E-state index contributed by atoms with van der Waals surface area (Å²) in [7, 11) is 0. The molecule has 1 aliphatic rings. The van der Waals surface area contributed by atoms with Crippen LogP contribution in [0.1, 0.15) is 15.9 Å². The number of hydrogen-bond acceptors (Lipinski definition) is 4. The van der Waals surface area contributed by atoms with Gasteiger partial charge in [-0.05, 0) is 42.0 Å². The van der Waals surface area contributed by atoms with Gasteiger partial charge in [-0.2, -0.15) is 0 Å². The van der Waals surface area contributed by atoms with E-state index in [-0.39, 0.29) is 17.2 Å². The second-order valence-corrected chi connectivity index (χ2v) is 4.87. The van der Waals surface area contributed by atoms with Gasteiger partial charge in [0.1, 0.15) is 5.75 Å². The molecule has 3 rings (SSSR count). The van der Waals surface area contributed by atoms with Crippen molar-refractivity contribution in [2.24, 2.45) is 0 Å². The van der Waals surface area contributed by atoms with Crippen LogP contribution in [0.4, 0.5) is 5.69 Å². The predicted molar refractivity (Wildman–Crippen MR) is 77.5 cm³/mol. The summed E-state index contributed by atoms with van der Waals surface area (Å²) in [6, 6.07) is 10.7. The zero-order chi connectivity index (χ0) is 15.0. The van der Waals surface area contributed by atoms with E-state index in [0.717, 1.165) is 0 Å². The molecule has 0 saturated heterocycles. The Kier molecular flexibility index (Phi) is 3.19. The lowest BCUT2D eigenvalue weighted by molar-refractivity contribution is -0.384. The smallest absolute Gasteiger partial charge is 0.269 e. The number of non-ortho nitro benzene ring substituents is 1. The van der Waals surface area contributed by atoms with E-state index >= 15 is 0 Å². The predicted octanol–water partition coefficient (Wildman–Crippen LogP) is 3.86. The maximum atomic E-state index is 12.2. The third kappa shape index (κ3) is 2.51. The number of allylic oxidation sites excluding steroid dienone is 1. The molecule has 0 spiro atoms. The van der Waals surface area contributed by atoms with Crippen LogP contribution in [0.2, 0.25) is 5.02 Å². The summed E-state index contributed by atoms with van der Waals surface area (Å²) in [6.07, 6.45) is 1.54. The van der Waals surface area contributed by atoms with Gasteiger partial charge in [0.15, 0.2) is 5.76 Å². The molecule has 6 heteroatoms. The Morgan fingerprint density at radius 2 is 1.86 bits per heavy atom. The van der Waals surface area contributed by atoms with Crippen LogP contribution in [0.5, 0.6) is 5.75 Å². The SMILES string of the molecule is O=C1/C(=C/c2ccc([N+](=O)[O-])cc2)Oc2ccc(Cl)cc21. The number of nitrogens with zero attached hydrogens (tertiary/aromatic N) is 1. The van der Waals surface area contributed by atoms with Crippen molar-refractivity contribution in [3.8, 4) is 5.75 Å². The summed E-state index contributed by atoms with van der Waals surface area (Å²) in [4.78, 5) is 22.3. The summed E-state index contributed by atoms with van der Waals surface area (Å²) >= 11 is 5.85. The molecule has 2 aromatic rings. The number of nitro benzene ring substituents is 1. The molecule has 104 valence electrons. The molecular formula is C15H8ClNO4. The van der Waals surface area contributed by atoms with Crippen LogP contribution in [0.25, 0.3) is 6.08 Å². The van der Waals surface area contributed by atoms with Gasteiger partial charge < -0.3 is 4.74 Å². The molecule has 0 radical (unpaired) electrons. The van der Waals surface area contributed by atoms with Gasteiger partial charge in [0.05, 0.1) is 10.5 Å². The number of benzene rings is 2. The molecule has 21 heavy (non-hydrogen) atoms. The van der Waals surface area contributed by atoms with Crippen LogP contribution in [0.15, 0.2) is 48.2 Å². The maximum absolute atomic E-state index is 12.2. The fourth-order valence-electron chi connectivity index (χ4n) is 2.00. The third-order valence-electron chi connectivity index (χ3n) is 3.03. The average molecular weight is 302 g/mol. The quantitative estimate of drug-likeness (QED) is 0.480. The molecule has 0 aromatic heterocycles. The topological polar surface area (TPSA) is 69.4 Å². The molecule has 0 atom stereocenters. The van der Waals surface area contributed by atoms with E-state index in [1.807, 2.05) is 0 Å². The molecule has 5 nitrogen and oxygen atoms in total. The Hall–Kier alpha value is -2.66. The van der Waals surface area contributed by atoms with Gasteiger partial charge in [-0.1, -0.05) is 11.6 Å². The van der Waals surface area contributed by atoms with Crippen LogP contribution >= 0.6 is 11.6 Å². The number of ketones is 1. The van der Waals surface area contributed by atoms with E-state index in [2.05, 4.69) is 0 Å². The summed E-state index contributed by atoms with van der Waals surface area (Å²) in [5, 5.41) is 11.0. The lowest BCUT2D eigenvalue weighted by Gasteiger charge is -1.98. The normalized spacial score (nSPS) is 14.9. The van der Waals surface area contributed by atoms with Crippen molar-refractivity contribution in [2.75, 3.05) is 0 Å². The van der Waals surface area contributed by atoms with Crippen LogP contribution in [0.3, 0.4) is 0 Å². The Morgan fingerprint density at radius 3 is 2.52 bits per heavy atom. The first-order valence-electron chi connectivity index (χ1n) is 6.03. The Balaban J connectivity index is 1.92. The zero-order valence-electron chi connectivity index (χ0n) is 10.6. The molecule has 0 bridgehead atoms. The Bertz CT molecular complexity index is 781. The molecule has 0 unspecified atom stereocenters. The van der Waals surface area contributed by atoms with Crippen molar-refractivity contribution in [1.82, 2.24) is 0 Å². The minimum atomic E-state index is -0.480. The molecule has 0 amide bonds. The number of ether oxygens (including phenoxy) is 1. The first-order valence-corrected chi connectivity index (χ1v) is 6.40. The second kappa shape index (κ2) is 5.03. The number of carbonyl (C=O) groups excluding carboxylic acids is 1. The monoisotopic (exact) mass is 301 g/mol. The van der Waals surface area contributed by atoms with Gasteiger partial charge in [0.25, 0.3) is 5.69 Å². The molecule has 1 aliphatic heterocycles. The van der Waals surface area contributed by atoms with Gasteiger partial charge in [-0.25, -0.2) is 0 Å². The van der Waals surface area contributed by atoms with Crippen LogP contribution in [0, 0.1) is 10.1 Å². The highest BCUT2D eigenvalue weighted by atomic mass is 35.5. The minimum Gasteiger partial charge on any atom is -0.452 e. The number of carbonyl (C=O) groups is 1. The van der Waals surface area contributed by atoms with Crippen molar-refractivity contribution in [3.05, 3.63) is 74.5 Å². The van der Waals surface area contributed by atoms with E-state index < -0.39 is 4.92 Å². The minimum absolute atomic E-state index is 0.00844. The summed E-state index contributed by atoms with van der Waals surface area (Å²) < 4.78 is 5.47. The highest BCUT2D eigenvalue weighted by Crippen LogP contribution is 2.33. The molecule has 2 aromatic carbocycles. The summed E-state index contributed by atoms with van der Waals surface area (Å²) in [6.45, 7) is 0. The van der Waals surface area contributed by atoms with Crippen molar-refractivity contribution >= 4 is 29.1 Å². The third-order valence-corrected chi connectivity index (χ3v) is 3.27. The van der Waals surface area contributed by atoms with Crippen molar-refractivity contribution in [3.63, 3.8) is 0 Å². The molecule has 0 fully saturated rings. The lowest BCUT2D eigenvalue weighted by Crippen LogP contribution is -1.98. The van der Waals surface area contributed by atoms with Crippen molar-refractivity contribution in [1.29, 1.82) is 0 Å². The van der Waals surface area contributed by atoms with Crippen molar-refractivity contribution in [2.45, 2.75) is 0 Å². The number of rotatable bonds is 2. The van der Waals surface area contributed by atoms with Crippen LogP contribution < -0.4 is 4.74 Å². The maximum Gasteiger partial charge on any atom is 0.269 e. The number of hydrogen-bond donors (Lipinski definition) is 0. The van der Waals surface area contributed by atoms with Gasteiger partial charge >= 0.3 is 0 Å². The molecule has 0 N–H and O–H groups in total. The van der Waals surface area contributed by atoms with Crippen LogP contribution in [-0.2, 0) is 0 Å². The highest BCUT2D eigenvalue weighted by Gasteiger charge is 2.27. The fraction of sp³-hybridized carbons (Fsp3) is 0. The molecule has 0 aliphatic carbocycles. The largest absolute Gasteiger partial charge is 0.452 e.